The highest BCUT2D eigenvalue weighted by molar-refractivity contribution is 7.89. The molecule has 1 saturated heterocycles. The van der Waals surface area contributed by atoms with Gasteiger partial charge in [-0.15, -0.1) is 0 Å². The molecule has 1 amide bonds. The number of aromatic nitrogens is 3. The fourth-order valence-corrected chi connectivity index (χ4v) is 4.61. The number of imidazole rings is 1. The van der Waals surface area contributed by atoms with Crippen LogP contribution in [0.25, 0.3) is 0 Å². The first-order valence-corrected chi connectivity index (χ1v) is 8.92. The third-order valence-electron chi connectivity index (χ3n) is 4.19. The van der Waals surface area contributed by atoms with Crippen LogP contribution in [0.1, 0.15) is 22.4 Å². The van der Waals surface area contributed by atoms with Crippen LogP contribution in [0.5, 0.6) is 0 Å². The van der Waals surface area contributed by atoms with Gasteiger partial charge in [0.25, 0.3) is 5.91 Å². The molecule has 0 radical (unpaired) electrons. The van der Waals surface area contributed by atoms with Crippen LogP contribution in [-0.4, -0.2) is 52.4 Å². The van der Waals surface area contributed by atoms with Crippen LogP contribution in [-0.2, 0) is 24.1 Å². The number of hydrogen-bond acceptors (Lipinski definition) is 5. The number of nitrogens with two attached hydrogens (primary N) is 1. The van der Waals surface area contributed by atoms with E-state index in [2.05, 4.69) is 10.3 Å². The summed E-state index contributed by atoms with van der Waals surface area (Å²) in [5.41, 5.74) is 5.43. The minimum Gasteiger partial charge on any atom is -0.364 e. The molecule has 3 N–H and O–H groups in total. The van der Waals surface area contributed by atoms with Crippen LogP contribution >= 0.6 is 0 Å². The number of aryl methyl sites for hydroxylation is 2. The Labute approximate surface area is 140 Å². The summed E-state index contributed by atoms with van der Waals surface area (Å²) in [4.78, 5) is 15.7. The molecule has 1 atom stereocenters. The number of rotatable bonds is 4. The van der Waals surface area contributed by atoms with Gasteiger partial charge < -0.3 is 20.2 Å². The van der Waals surface area contributed by atoms with Gasteiger partial charge in [0.05, 0.1) is 6.04 Å². The topological polar surface area (TPSA) is 115 Å². The zero-order valence-electron chi connectivity index (χ0n) is 13.5. The Morgan fingerprint density at radius 1 is 1.38 bits per heavy atom. The summed E-state index contributed by atoms with van der Waals surface area (Å²) in [5.74, 6) is -0.00302. The van der Waals surface area contributed by atoms with Crippen LogP contribution < -0.4 is 11.1 Å². The number of amides is 1. The zero-order valence-corrected chi connectivity index (χ0v) is 14.3. The maximum absolute atomic E-state index is 13.1. The van der Waals surface area contributed by atoms with Gasteiger partial charge >= 0.3 is 0 Å². The molecule has 1 aliphatic heterocycles. The normalized spacial score (nSPS) is 19.5. The van der Waals surface area contributed by atoms with Crippen LogP contribution in [0.2, 0.25) is 0 Å². The summed E-state index contributed by atoms with van der Waals surface area (Å²) in [6.07, 6.45) is 4.83. The summed E-state index contributed by atoms with van der Waals surface area (Å²) in [7, 11) is -0.359. The highest BCUT2D eigenvalue weighted by Crippen LogP contribution is 2.28. The molecule has 24 heavy (non-hydrogen) atoms. The van der Waals surface area contributed by atoms with E-state index in [9.17, 15) is 13.2 Å². The number of hydrogen-bond donors (Lipinski definition) is 2. The molecule has 10 heteroatoms. The Kier molecular flexibility index (Phi) is 4.20. The third kappa shape index (κ3) is 2.72. The standard InChI is InChI=1S/C14H20N6O3S/c1-18-5-4-17-14(18)12-8-16-3-6-20(12)24(22,23)10-7-11(13(15)21)19(2)9-10/h4-5,7,9,12,16H,3,6,8H2,1-2H3,(H2,15,21). The average molecular weight is 352 g/mol. The molecular weight excluding hydrogens is 332 g/mol. The van der Waals surface area contributed by atoms with Gasteiger partial charge in [0, 0.05) is 52.3 Å². The minimum absolute atomic E-state index is 0.0555. The molecule has 0 aromatic carbocycles. The van der Waals surface area contributed by atoms with Gasteiger partial charge in [0.2, 0.25) is 10.0 Å². The lowest BCUT2D eigenvalue weighted by atomic mass is 10.2. The van der Waals surface area contributed by atoms with Crippen molar-refractivity contribution < 1.29 is 13.2 Å². The molecule has 2 aromatic heterocycles. The molecule has 0 aliphatic carbocycles. The maximum atomic E-state index is 13.1. The average Bonchev–Trinajstić information content (AvgIpc) is 3.13. The van der Waals surface area contributed by atoms with E-state index in [-0.39, 0.29) is 10.6 Å². The number of sulfonamides is 1. The molecule has 1 aliphatic rings. The van der Waals surface area contributed by atoms with Crippen molar-refractivity contribution in [2.24, 2.45) is 19.8 Å². The monoisotopic (exact) mass is 352 g/mol. The summed E-state index contributed by atoms with van der Waals surface area (Å²) in [6, 6.07) is 0.899. The Balaban J connectivity index is 2.02. The quantitative estimate of drug-likeness (QED) is 0.747. The van der Waals surface area contributed by atoms with Crippen molar-refractivity contribution in [3.05, 3.63) is 36.2 Å². The molecule has 2 aromatic rings. The highest BCUT2D eigenvalue weighted by Gasteiger charge is 2.37. The van der Waals surface area contributed by atoms with E-state index in [0.29, 0.717) is 25.5 Å². The van der Waals surface area contributed by atoms with Gasteiger partial charge in [0.1, 0.15) is 16.4 Å². The first-order valence-electron chi connectivity index (χ1n) is 7.48. The molecule has 9 nitrogen and oxygen atoms in total. The predicted octanol–water partition coefficient (Wildman–Crippen LogP) is -0.807. The molecule has 3 rings (SSSR count). The fourth-order valence-electron chi connectivity index (χ4n) is 2.95. The van der Waals surface area contributed by atoms with Crippen molar-refractivity contribution in [3.63, 3.8) is 0 Å². The maximum Gasteiger partial charge on any atom is 0.265 e. The molecule has 0 bridgehead atoms. The molecule has 3 heterocycles. The molecule has 1 fully saturated rings. The third-order valence-corrected chi connectivity index (χ3v) is 6.06. The molecular formula is C14H20N6O3S. The van der Waals surface area contributed by atoms with Crippen LogP contribution in [0.15, 0.2) is 29.6 Å². The summed E-state index contributed by atoms with van der Waals surface area (Å²) in [5, 5.41) is 3.20. The number of piperazine rings is 1. The number of carbonyl (C=O) groups excluding carboxylic acids is 1. The second kappa shape index (κ2) is 6.04. The number of carbonyl (C=O) groups is 1. The van der Waals surface area contributed by atoms with E-state index in [4.69, 9.17) is 5.73 Å². The largest absolute Gasteiger partial charge is 0.364 e. The lowest BCUT2D eigenvalue weighted by molar-refractivity contribution is 0.0992. The number of nitrogens with one attached hydrogen (secondary N) is 1. The van der Waals surface area contributed by atoms with E-state index in [1.54, 1.807) is 24.0 Å². The number of primary amides is 1. The van der Waals surface area contributed by atoms with Crippen molar-refractivity contribution in [1.29, 1.82) is 0 Å². The van der Waals surface area contributed by atoms with E-state index < -0.39 is 22.0 Å². The van der Waals surface area contributed by atoms with Gasteiger partial charge in [-0.1, -0.05) is 0 Å². The molecule has 130 valence electrons. The Bertz CT molecular complexity index is 869. The highest BCUT2D eigenvalue weighted by atomic mass is 32.2. The molecule has 0 saturated carbocycles. The second-order valence-corrected chi connectivity index (χ2v) is 7.66. The Morgan fingerprint density at radius 3 is 2.71 bits per heavy atom. The lowest BCUT2D eigenvalue weighted by Gasteiger charge is -2.34. The van der Waals surface area contributed by atoms with E-state index in [0.717, 1.165) is 0 Å². The van der Waals surface area contributed by atoms with Gasteiger partial charge in [-0.25, -0.2) is 13.4 Å². The summed E-state index contributed by atoms with van der Waals surface area (Å²) >= 11 is 0. The van der Waals surface area contributed by atoms with E-state index in [1.807, 2.05) is 7.05 Å². The van der Waals surface area contributed by atoms with Gasteiger partial charge in [-0.3, -0.25) is 4.79 Å². The van der Waals surface area contributed by atoms with Crippen molar-refractivity contribution in [2.45, 2.75) is 10.9 Å². The SMILES string of the molecule is Cn1cc(S(=O)(=O)N2CCNCC2c2nccn2C)cc1C(N)=O. The number of nitrogens with zero attached hydrogens (tertiary/aromatic N) is 4. The summed E-state index contributed by atoms with van der Waals surface area (Å²) < 4.78 is 30.8. The Hall–Kier alpha value is -2.17. The van der Waals surface area contributed by atoms with Crippen molar-refractivity contribution in [3.8, 4) is 0 Å². The van der Waals surface area contributed by atoms with Crippen molar-refractivity contribution >= 4 is 15.9 Å². The fraction of sp³-hybridized carbons (Fsp3) is 0.429. The van der Waals surface area contributed by atoms with Crippen LogP contribution in [0, 0.1) is 0 Å². The first kappa shape index (κ1) is 16.7. The zero-order chi connectivity index (χ0) is 17.5. The van der Waals surface area contributed by atoms with Gasteiger partial charge in [-0.05, 0) is 6.07 Å². The van der Waals surface area contributed by atoms with Gasteiger partial charge in [0.15, 0.2) is 0 Å². The van der Waals surface area contributed by atoms with Crippen molar-refractivity contribution in [1.82, 2.24) is 23.7 Å². The van der Waals surface area contributed by atoms with Crippen LogP contribution in [0.4, 0.5) is 0 Å². The second-order valence-electron chi connectivity index (χ2n) is 5.77. The van der Waals surface area contributed by atoms with Gasteiger partial charge in [-0.2, -0.15) is 4.31 Å². The predicted molar refractivity (Wildman–Crippen MR) is 86.6 cm³/mol. The molecule has 0 spiro atoms. The van der Waals surface area contributed by atoms with Crippen LogP contribution in [0.3, 0.4) is 0 Å². The smallest absolute Gasteiger partial charge is 0.265 e. The lowest BCUT2D eigenvalue weighted by Crippen LogP contribution is -2.49. The van der Waals surface area contributed by atoms with E-state index in [1.165, 1.54) is 21.1 Å². The Morgan fingerprint density at radius 2 is 2.12 bits per heavy atom. The van der Waals surface area contributed by atoms with E-state index >= 15 is 0 Å². The molecule has 1 unspecified atom stereocenters. The minimum atomic E-state index is -3.78. The van der Waals surface area contributed by atoms with Crippen molar-refractivity contribution in [2.75, 3.05) is 19.6 Å². The summed E-state index contributed by atoms with van der Waals surface area (Å²) in [6.45, 7) is 1.34. The first-order chi connectivity index (χ1) is 11.3.